The molecule has 0 N–H and O–H groups in total. The Morgan fingerprint density at radius 2 is 1.71 bits per heavy atom. The number of unbranched alkanes of at least 4 members (excludes halogenated alkanes) is 2. The second kappa shape index (κ2) is 5.75. The van der Waals surface area contributed by atoms with Gasteiger partial charge in [-0.1, -0.05) is 39.5 Å². The lowest BCUT2D eigenvalue weighted by Crippen LogP contribution is -2.37. The van der Waals surface area contributed by atoms with E-state index in [4.69, 9.17) is 0 Å². The number of likely N-dealkylation sites (tertiary alicyclic amines) is 1. The van der Waals surface area contributed by atoms with Gasteiger partial charge in [-0.05, 0) is 44.8 Å². The molecule has 0 radical (unpaired) electrons. The average molecular weight is 197 g/mol. The van der Waals surface area contributed by atoms with E-state index in [1.807, 2.05) is 0 Å². The van der Waals surface area contributed by atoms with Crippen LogP contribution in [0.3, 0.4) is 0 Å². The highest BCUT2D eigenvalue weighted by Crippen LogP contribution is 2.39. The molecular formula is C13H27N. The van der Waals surface area contributed by atoms with Crippen molar-refractivity contribution in [2.24, 2.45) is 5.41 Å². The number of hydrogen-bond donors (Lipinski definition) is 0. The molecule has 1 rings (SSSR count). The molecular weight excluding hydrogens is 170 g/mol. The lowest BCUT2D eigenvalue weighted by molar-refractivity contribution is 0.104. The van der Waals surface area contributed by atoms with Crippen molar-refractivity contribution in [3.63, 3.8) is 0 Å². The van der Waals surface area contributed by atoms with E-state index < -0.39 is 0 Å². The summed E-state index contributed by atoms with van der Waals surface area (Å²) in [5.41, 5.74) is 0.710. The van der Waals surface area contributed by atoms with Crippen molar-refractivity contribution in [1.29, 1.82) is 0 Å². The van der Waals surface area contributed by atoms with E-state index in [1.165, 1.54) is 58.0 Å². The molecule has 1 nitrogen and oxygen atoms in total. The molecule has 84 valence electrons. The second-order valence-corrected chi connectivity index (χ2v) is 5.11. The molecule has 0 aromatic heterocycles. The molecule has 14 heavy (non-hydrogen) atoms. The van der Waals surface area contributed by atoms with Gasteiger partial charge in [0.2, 0.25) is 0 Å². The van der Waals surface area contributed by atoms with Gasteiger partial charge in [0.15, 0.2) is 0 Å². The molecule has 1 aliphatic rings. The predicted octanol–water partition coefficient (Wildman–Crippen LogP) is 3.69. The molecule has 0 aromatic carbocycles. The second-order valence-electron chi connectivity index (χ2n) is 5.11. The van der Waals surface area contributed by atoms with Crippen molar-refractivity contribution in [3.05, 3.63) is 0 Å². The third-order valence-electron chi connectivity index (χ3n) is 4.11. The van der Waals surface area contributed by atoms with Gasteiger partial charge in [0, 0.05) is 0 Å². The van der Waals surface area contributed by atoms with Crippen molar-refractivity contribution in [2.45, 2.75) is 58.8 Å². The fourth-order valence-electron chi connectivity index (χ4n) is 2.62. The van der Waals surface area contributed by atoms with Crippen LogP contribution in [-0.2, 0) is 0 Å². The summed E-state index contributed by atoms with van der Waals surface area (Å²) in [7, 11) is 2.26. The third-order valence-corrected chi connectivity index (χ3v) is 4.11. The summed E-state index contributed by atoms with van der Waals surface area (Å²) in [6.07, 6.45) is 9.98. The van der Waals surface area contributed by atoms with E-state index in [1.54, 1.807) is 0 Å². The normalized spacial score (nSPS) is 22.5. The highest BCUT2D eigenvalue weighted by atomic mass is 15.1. The van der Waals surface area contributed by atoms with Crippen LogP contribution in [0, 0.1) is 5.41 Å². The molecule has 1 fully saturated rings. The van der Waals surface area contributed by atoms with Crippen LogP contribution in [0.2, 0.25) is 0 Å². The summed E-state index contributed by atoms with van der Waals surface area (Å²) in [5, 5.41) is 0. The molecule has 0 saturated carbocycles. The summed E-state index contributed by atoms with van der Waals surface area (Å²) in [4.78, 5) is 2.48. The fourth-order valence-corrected chi connectivity index (χ4v) is 2.62. The maximum absolute atomic E-state index is 2.48. The van der Waals surface area contributed by atoms with Crippen LogP contribution in [0.5, 0.6) is 0 Å². The average Bonchev–Trinajstić information content (AvgIpc) is 2.22. The first-order chi connectivity index (χ1) is 6.72. The molecule has 0 unspecified atom stereocenters. The largest absolute Gasteiger partial charge is 0.306 e. The van der Waals surface area contributed by atoms with Gasteiger partial charge in [-0.2, -0.15) is 0 Å². The van der Waals surface area contributed by atoms with Crippen LogP contribution in [0.1, 0.15) is 58.8 Å². The van der Waals surface area contributed by atoms with Gasteiger partial charge < -0.3 is 4.90 Å². The molecule has 1 heterocycles. The van der Waals surface area contributed by atoms with Crippen LogP contribution in [0.4, 0.5) is 0 Å². The Bertz CT molecular complexity index is 145. The fraction of sp³-hybridized carbons (Fsp3) is 1.00. The molecule has 0 atom stereocenters. The summed E-state index contributed by atoms with van der Waals surface area (Å²) < 4.78 is 0. The van der Waals surface area contributed by atoms with Gasteiger partial charge in [0.05, 0.1) is 0 Å². The van der Waals surface area contributed by atoms with E-state index in [9.17, 15) is 0 Å². The highest BCUT2D eigenvalue weighted by molar-refractivity contribution is 4.83. The molecule has 1 saturated heterocycles. The molecule has 0 amide bonds. The van der Waals surface area contributed by atoms with Gasteiger partial charge in [-0.3, -0.25) is 0 Å². The third kappa shape index (κ3) is 3.27. The zero-order valence-corrected chi connectivity index (χ0v) is 10.3. The topological polar surface area (TPSA) is 3.24 Å². The Balaban J connectivity index is 2.34. The number of piperidine rings is 1. The Morgan fingerprint density at radius 1 is 1.07 bits per heavy atom. The Kier molecular flexibility index (Phi) is 4.94. The van der Waals surface area contributed by atoms with Crippen LogP contribution >= 0.6 is 0 Å². The number of hydrogen-bond acceptors (Lipinski definition) is 1. The van der Waals surface area contributed by atoms with Crippen molar-refractivity contribution < 1.29 is 0 Å². The SMILES string of the molecule is CCCCCC1(CC)CCN(C)CC1. The lowest BCUT2D eigenvalue weighted by atomic mass is 9.72. The quantitative estimate of drug-likeness (QED) is 0.608. The number of rotatable bonds is 5. The Hall–Kier alpha value is -0.0400. The number of nitrogens with zero attached hydrogens (tertiary/aromatic N) is 1. The summed E-state index contributed by atoms with van der Waals surface area (Å²) >= 11 is 0. The zero-order valence-electron chi connectivity index (χ0n) is 10.3. The standard InChI is InChI=1S/C13H27N/c1-4-6-7-8-13(5-2)9-11-14(3)12-10-13/h4-12H2,1-3H3. The zero-order chi connectivity index (χ0) is 10.4. The predicted molar refractivity (Wildman–Crippen MR) is 63.6 cm³/mol. The lowest BCUT2D eigenvalue weighted by Gasteiger charge is -2.40. The Labute approximate surface area is 89.9 Å². The minimum atomic E-state index is 0.710. The van der Waals surface area contributed by atoms with Gasteiger partial charge in [-0.25, -0.2) is 0 Å². The van der Waals surface area contributed by atoms with Crippen LogP contribution < -0.4 is 0 Å². The van der Waals surface area contributed by atoms with Crippen LogP contribution in [0.15, 0.2) is 0 Å². The minimum absolute atomic E-state index is 0.710. The minimum Gasteiger partial charge on any atom is -0.306 e. The van der Waals surface area contributed by atoms with Crippen molar-refractivity contribution >= 4 is 0 Å². The summed E-state index contributed by atoms with van der Waals surface area (Å²) in [6, 6.07) is 0. The van der Waals surface area contributed by atoms with Gasteiger partial charge in [-0.15, -0.1) is 0 Å². The van der Waals surface area contributed by atoms with Gasteiger partial charge in [0.25, 0.3) is 0 Å². The monoisotopic (exact) mass is 197 g/mol. The van der Waals surface area contributed by atoms with Gasteiger partial charge >= 0.3 is 0 Å². The van der Waals surface area contributed by atoms with Gasteiger partial charge in [0.1, 0.15) is 0 Å². The van der Waals surface area contributed by atoms with Crippen LogP contribution in [0.25, 0.3) is 0 Å². The molecule has 0 spiro atoms. The summed E-state index contributed by atoms with van der Waals surface area (Å²) in [5.74, 6) is 0. The van der Waals surface area contributed by atoms with Crippen molar-refractivity contribution in [3.8, 4) is 0 Å². The molecule has 0 bridgehead atoms. The first-order valence-electron chi connectivity index (χ1n) is 6.41. The smallest absolute Gasteiger partial charge is 0.00165 e. The van der Waals surface area contributed by atoms with E-state index in [2.05, 4.69) is 25.8 Å². The first-order valence-corrected chi connectivity index (χ1v) is 6.41. The Morgan fingerprint density at radius 3 is 2.21 bits per heavy atom. The maximum atomic E-state index is 2.48. The summed E-state index contributed by atoms with van der Waals surface area (Å²) in [6.45, 7) is 7.32. The van der Waals surface area contributed by atoms with Crippen molar-refractivity contribution in [2.75, 3.05) is 20.1 Å². The van der Waals surface area contributed by atoms with Crippen LogP contribution in [-0.4, -0.2) is 25.0 Å². The highest BCUT2D eigenvalue weighted by Gasteiger charge is 2.30. The van der Waals surface area contributed by atoms with E-state index in [-0.39, 0.29) is 0 Å². The maximum Gasteiger partial charge on any atom is -0.00165 e. The first kappa shape index (κ1) is 12.0. The van der Waals surface area contributed by atoms with Crippen molar-refractivity contribution in [1.82, 2.24) is 4.90 Å². The molecule has 0 aliphatic carbocycles. The molecule has 1 heteroatoms. The van der Waals surface area contributed by atoms with E-state index in [0.717, 1.165) is 0 Å². The molecule has 1 aliphatic heterocycles. The van der Waals surface area contributed by atoms with E-state index in [0.29, 0.717) is 5.41 Å². The molecule has 0 aromatic rings. The van der Waals surface area contributed by atoms with E-state index >= 15 is 0 Å².